The first kappa shape index (κ1) is 15.7. The highest BCUT2D eigenvalue weighted by atomic mass is 127. The normalized spacial score (nSPS) is 15.5. The summed E-state index contributed by atoms with van der Waals surface area (Å²) >= 11 is 2.22. The second-order valence-electron chi connectivity index (χ2n) is 4.81. The zero-order valence-electron chi connectivity index (χ0n) is 12.5. The van der Waals surface area contributed by atoms with Crippen LogP contribution in [0.1, 0.15) is 18.1 Å². The fourth-order valence-corrected chi connectivity index (χ4v) is 2.52. The van der Waals surface area contributed by atoms with Crippen molar-refractivity contribution in [3.8, 4) is 5.75 Å². The van der Waals surface area contributed by atoms with Gasteiger partial charge in [0.1, 0.15) is 5.75 Å². The molecule has 0 N–H and O–H groups in total. The van der Waals surface area contributed by atoms with Crippen molar-refractivity contribution in [1.29, 1.82) is 0 Å². The average Bonchev–Trinajstić information content (AvgIpc) is 2.91. The molecule has 0 atom stereocenters. The molecule has 2 aromatic rings. The van der Waals surface area contributed by atoms with E-state index in [-0.39, 0.29) is 5.70 Å². The van der Waals surface area contributed by atoms with Crippen molar-refractivity contribution >= 4 is 40.5 Å². The van der Waals surface area contributed by atoms with Crippen LogP contribution in [0.5, 0.6) is 5.75 Å². The lowest BCUT2D eigenvalue weighted by atomic mass is 10.1. The van der Waals surface area contributed by atoms with Crippen molar-refractivity contribution in [3.63, 3.8) is 0 Å². The second-order valence-corrected chi connectivity index (χ2v) is 6.06. The van der Waals surface area contributed by atoms with Gasteiger partial charge in [-0.2, -0.15) is 0 Å². The van der Waals surface area contributed by atoms with Crippen LogP contribution >= 0.6 is 22.6 Å². The van der Waals surface area contributed by atoms with Crippen LogP contribution in [0.2, 0.25) is 0 Å². The molecule has 1 aliphatic rings. The van der Waals surface area contributed by atoms with E-state index in [1.54, 1.807) is 6.08 Å². The maximum absolute atomic E-state index is 12.1. The van der Waals surface area contributed by atoms with Crippen molar-refractivity contribution < 1.29 is 14.3 Å². The van der Waals surface area contributed by atoms with Gasteiger partial charge in [-0.1, -0.05) is 18.2 Å². The summed E-state index contributed by atoms with van der Waals surface area (Å²) in [4.78, 5) is 16.4. The van der Waals surface area contributed by atoms with Crippen LogP contribution in [0, 0.1) is 3.57 Å². The van der Waals surface area contributed by atoms with Gasteiger partial charge in [0.05, 0.1) is 6.61 Å². The lowest BCUT2D eigenvalue weighted by Gasteiger charge is -2.06. The first-order valence-corrected chi connectivity index (χ1v) is 8.25. The van der Waals surface area contributed by atoms with Crippen LogP contribution in [0.15, 0.2) is 59.2 Å². The number of hydrogen-bond donors (Lipinski definition) is 0. The van der Waals surface area contributed by atoms with Crippen LogP contribution in [-0.2, 0) is 9.53 Å². The molecule has 3 rings (SSSR count). The Morgan fingerprint density at radius 3 is 2.65 bits per heavy atom. The summed E-state index contributed by atoms with van der Waals surface area (Å²) in [6, 6.07) is 15.2. The van der Waals surface area contributed by atoms with Gasteiger partial charge in [0.15, 0.2) is 5.70 Å². The minimum absolute atomic E-state index is 0.269. The molecule has 0 bridgehead atoms. The average molecular weight is 419 g/mol. The number of rotatable bonds is 4. The summed E-state index contributed by atoms with van der Waals surface area (Å²) in [6.45, 7) is 2.47. The fraction of sp³-hybridized carbons (Fsp3) is 0.111. The summed E-state index contributed by atoms with van der Waals surface area (Å²) in [5, 5.41) is 0. The van der Waals surface area contributed by atoms with E-state index in [1.165, 1.54) is 0 Å². The van der Waals surface area contributed by atoms with E-state index in [1.807, 2.05) is 55.5 Å². The second kappa shape index (κ2) is 6.95. The van der Waals surface area contributed by atoms with Gasteiger partial charge in [-0.25, -0.2) is 9.79 Å². The van der Waals surface area contributed by atoms with Gasteiger partial charge < -0.3 is 9.47 Å². The number of para-hydroxylation sites is 1. The number of halogens is 1. The molecule has 0 unspecified atom stereocenters. The molecular weight excluding hydrogens is 405 g/mol. The third kappa shape index (κ3) is 3.61. The standard InChI is InChI=1S/C18H14INO3/c1-2-22-16-6-4-3-5-13(16)11-15-18(21)23-17(20-15)12-7-9-14(19)10-8-12/h3-11H,2H2,1H3/b15-11-. The highest BCUT2D eigenvalue weighted by molar-refractivity contribution is 14.1. The first-order valence-electron chi connectivity index (χ1n) is 7.17. The van der Waals surface area contributed by atoms with Crippen molar-refractivity contribution in [1.82, 2.24) is 0 Å². The van der Waals surface area contributed by atoms with E-state index in [9.17, 15) is 4.79 Å². The molecule has 1 heterocycles. The van der Waals surface area contributed by atoms with Crippen molar-refractivity contribution in [2.45, 2.75) is 6.92 Å². The summed E-state index contributed by atoms with van der Waals surface area (Å²) in [5.74, 6) is 0.588. The Kier molecular flexibility index (Phi) is 4.76. The predicted octanol–water partition coefficient (Wildman–Crippen LogP) is 4.03. The number of esters is 1. The Hall–Kier alpha value is -2.15. The first-order chi connectivity index (χ1) is 11.2. The zero-order chi connectivity index (χ0) is 16.2. The Balaban J connectivity index is 1.94. The van der Waals surface area contributed by atoms with Gasteiger partial charge in [0.2, 0.25) is 5.90 Å². The quantitative estimate of drug-likeness (QED) is 0.427. The molecule has 0 aromatic heterocycles. The van der Waals surface area contributed by atoms with E-state index in [0.29, 0.717) is 18.3 Å². The van der Waals surface area contributed by atoms with Gasteiger partial charge in [0, 0.05) is 14.7 Å². The molecule has 0 spiro atoms. The Morgan fingerprint density at radius 1 is 1.17 bits per heavy atom. The third-order valence-corrected chi connectivity index (χ3v) is 3.94. The Bertz CT molecular complexity index is 794. The van der Waals surface area contributed by atoms with Crippen molar-refractivity contribution in [2.75, 3.05) is 6.61 Å². The van der Waals surface area contributed by atoms with Gasteiger partial charge in [-0.15, -0.1) is 0 Å². The van der Waals surface area contributed by atoms with Crippen molar-refractivity contribution in [2.24, 2.45) is 4.99 Å². The summed E-state index contributed by atoms with van der Waals surface area (Å²) in [5.41, 5.74) is 1.85. The summed E-state index contributed by atoms with van der Waals surface area (Å²) in [6.07, 6.45) is 1.69. The molecule has 1 aliphatic heterocycles. The highest BCUT2D eigenvalue weighted by Crippen LogP contribution is 2.24. The third-order valence-electron chi connectivity index (χ3n) is 3.22. The number of aliphatic imine (C=N–C) groups is 1. The Morgan fingerprint density at radius 2 is 1.91 bits per heavy atom. The van der Waals surface area contributed by atoms with E-state index in [0.717, 1.165) is 14.7 Å². The largest absolute Gasteiger partial charge is 0.493 e. The molecule has 116 valence electrons. The molecule has 2 aromatic carbocycles. The minimum Gasteiger partial charge on any atom is -0.493 e. The smallest absolute Gasteiger partial charge is 0.363 e. The van der Waals surface area contributed by atoms with E-state index >= 15 is 0 Å². The SMILES string of the molecule is CCOc1ccccc1/C=C1\N=C(c2ccc(I)cc2)OC1=O. The zero-order valence-corrected chi connectivity index (χ0v) is 14.6. The topological polar surface area (TPSA) is 47.9 Å². The van der Waals surface area contributed by atoms with E-state index in [2.05, 4.69) is 27.6 Å². The minimum atomic E-state index is -0.454. The fourth-order valence-electron chi connectivity index (χ4n) is 2.16. The Labute approximate surface area is 148 Å². The predicted molar refractivity (Wildman–Crippen MR) is 97.4 cm³/mol. The number of carbonyl (C=O) groups excluding carboxylic acids is 1. The number of cyclic esters (lactones) is 1. The highest BCUT2D eigenvalue weighted by Gasteiger charge is 2.24. The van der Waals surface area contributed by atoms with Crippen LogP contribution in [-0.4, -0.2) is 18.5 Å². The molecule has 5 heteroatoms. The van der Waals surface area contributed by atoms with Crippen molar-refractivity contribution in [3.05, 3.63) is 68.9 Å². The molecule has 0 amide bonds. The van der Waals surface area contributed by atoms with Gasteiger partial charge in [-0.05, 0) is 65.9 Å². The summed E-state index contributed by atoms with van der Waals surface area (Å²) < 4.78 is 11.9. The maximum Gasteiger partial charge on any atom is 0.363 e. The van der Waals surface area contributed by atoms with E-state index in [4.69, 9.17) is 9.47 Å². The molecule has 0 saturated heterocycles. The molecule has 0 aliphatic carbocycles. The lowest BCUT2D eigenvalue weighted by molar-refractivity contribution is -0.129. The van der Waals surface area contributed by atoms with Crippen LogP contribution in [0.4, 0.5) is 0 Å². The molecule has 0 saturated carbocycles. The molecule has 0 radical (unpaired) electrons. The monoisotopic (exact) mass is 419 g/mol. The van der Waals surface area contributed by atoms with Gasteiger partial charge >= 0.3 is 5.97 Å². The number of hydrogen-bond acceptors (Lipinski definition) is 4. The summed E-state index contributed by atoms with van der Waals surface area (Å²) in [7, 11) is 0. The van der Waals surface area contributed by atoms with Crippen LogP contribution in [0.25, 0.3) is 6.08 Å². The van der Waals surface area contributed by atoms with Crippen LogP contribution < -0.4 is 4.74 Å². The number of carbonyl (C=O) groups is 1. The number of benzene rings is 2. The maximum atomic E-state index is 12.1. The van der Waals surface area contributed by atoms with Crippen LogP contribution in [0.3, 0.4) is 0 Å². The van der Waals surface area contributed by atoms with E-state index < -0.39 is 5.97 Å². The van der Waals surface area contributed by atoms with Gasteiger partial charge in [-0.3, -0.25) is 0 Å². The van der Waals surface area contributed by atoms with Gasteiger partial charge in [0.25, 0.3) is 0 Å². The lowest BCUT2D eigenvalue weighted by Crippen LogP contribution is -2.05. The number of ether oxygens (including phenoxy) is 2. The molecule has 0 fully saturated rings. The number of nitrogens with zero attached hydrogens (tertiary/aromatic N) is 1. The molecule has 4 nitrogen and oxygen atoms in total. The molecular formula is C18H14INO3. The molecule has 23 heavy (non-hydrogen) atoms.